The van der Waals surface area contributed by atoms with E-state index >= 15 is 0 Å². The summed E-state index contributed by atoms with van der Waals surface area (Å²) in [7, 11) is 2.12. The van der Waals surface area contributed by atoms with Gasteiger partial charge in [0.15, 0.2) is 7.05 Å². The summed E-state index contributed by atoms with van der Waals surface area (Å²) in [6.45, 7) is 2.12. The van der Waals surface area contributed by atoms with Crippen LogP contribution in [0.4, 0.5) is 0 Å². The summed E-state index contributed by atoms with van der Waals surface area (Å²) in [5.74, 6) is 0. The molecular weight excluding hydrogens is 282 g/mol. The summed E-state index contributed by atoms with van der Waals surface area (Å²) < 4.78 is 2.23. The van der Waals surface area contributed by atoms with Crippen LogP contribution in [0, 0.1) is 6.92 Å². The third kappa shape index (κ3) is 2.94. The minimum atomic E-state index is 1.28. The van der Waals surface area contributed by atoms with Gasteiger partial charge in [0.25, 0.3) is 5.03 Å². The fourth-order valence-corrected chi connectivity index (χ4v) is 3.94. The molecule has 0 unspecified atom stereocenters. The van der Waals surface area contributed by atoms with Crippen molar-refractivity contribution in [2.45, 2.75) is 16.8 Å². The predicted molar refractivity (Wildman–Crippen MR) is 86.2 cm³/mol. The molecule has 1 aromatic heterocycles. The fourth-order valence-electron chi connectivity index (χ4n) is 1.98. The van der Waals surface area contributed by atoms with Gasteiger partial charge in [-0.3, -0.25) is 0 Å². The average molecular weight is 298 g/mol. The Hall–Kier alpha value is -1.58. The number of aromatic nitrogens is 1. The molecule has 0 radical (unpaired) electrons. The third-order valence-corrected chi connectivity index (χ3v) is 5.35. The molecule has 0 fully saturated rings. The van der Waals surface area contributed by atoms with Crippen LogP contribution in [0.1, 0.15) is 5.56 Å². The Kier molecular flexibility index (Phi) is 3.90. The first-order valence-corrected chi connectivity index (χ1v) is 8.12. The van der Waals surface area contributed by atoms with E-state index in [1.54, 1.807) is 11.5 Å². The van der Waals surface area contributed by atoms with Gasteiger partial charge in [-0.05, 0) is 36.4 Å². The number of aryl methyl sites for hydroxylation is 2. The molecule has 0 N–H and O–H groups in total. The lowest BCUT2D eigenvalue weighted by atomic mass is 10.2. The van der Waals surface area contributed by atoms with E-state index in [1.807, 2.05) is 11.8 Å². The maximum Gasteiger partial charge on any atom is 0.259 e. The molecule has 0 aliphatic carbocycles. The van der Waals surface area contributed by atoms with Crippen LogP contribution in [0.2, 0.25) is 0 Å². The first kappa shape index (κ1) is 13.4. The van der Waals surface area contributed by atoms with Crippen molar-refractivity contribution in [1.29, 1.82) is 0 Å². The van der Waals surface area contributed by atoms with Crippen LogP contribution in [0.25, 0.3) is 10.4 Å². The Morgan fingerprint density at radius 2 is 1.65 bits per heavy atom. The molecule has 3 rings (SSSR count). The highest BCUT2D eigenvalue weighted by atomic mass is 32.2. The molecule has 0 aliphatic rings. The molecule has 1 nitrogen and oxygen atoms in total. The molecule has 0 aliphatic heterocycles. The summed E-state index contributed by atoms with van der Waals surface area (Å²) >= 11 is 3.60. The number of nitrogens with zero attached hydrogens (tertiary/aromatic N) is 1. The van der Waals surface area contributed by atoms with E-state index in [4.69, 9.17) is 0 Å². The quantitative estimate of drug-likeness (QED) is 0.634. The van der Waals surface area contributed by atoms with Crippen molar-refractivity contribution >= 4 is 23.3 Å². The zero-order valence-corrected chi connectivity index (χ0v) is 13.2. The Morgan fingerprint density at radius 3 is 2.35 bits per heavy atom. The van der Waals surface area contributed by atoms with Crippen LogP contribution < -0.4 is 3.96 Å². The van der Waals surface area contributed by atoms with Gasteiger partial charge in [0.2, 0.25) is 0 Å². The summed E-state index contributed by atoms with van der Waals surface area (Å²) in [5, 5.41) is 1.28. The summed E-state index contributed by atoms with van der Waals surface area (Å²) in [6.07, 6.45) is 0. The molecule has 0 amide bonds. The van der Waals surface area contributed by atoms with E-state index in [0.717, 1.165) is 0 Å². The first-order chi connectivity index (χ1) is 9.72. The number of hydrogen-bond donors (Lipinski definition) is 0. The van der Waals surface area contributed by atoms with E-state index in [-0.39, 0.29) is 0 Å². The van der Waals surface area contributed by atoms with Crippen molar-refractivity contribution < 1.29 is 3.96 Å². The zero-order chi connectivity index (χ0) is 13.9. The number of benzene rings is 2. The maximum absolute atomic E-state index is 2.27. The Balaban J connectivity index is 1.88. The molecule has 100 valence electrons. The fraction of sp³-hybridized carbons (Fsp3) is 0.118. The molecule has 3 heteroatoms. The van der Waals surface area contributed by atoms with Gasteiger partial charge in [-0.25, -0.2) is 0 Å². The smallest absolute Gasteiger partial charge is 0.130 e. The van der Waals surface area contributed by atoms with Gasteiger partial charge in [-0.2, -0.15) is 0 Å². The predicted octanol–water partition coefficient (Wildman–Crippen LogP) is 4.70. The van der Waals surface area contributed by atoms with Crippen molar-refractivity contribution in [2.75, 3.05) is 0 Å². The van der Waals surface area contributed by atoms with Crippen molar-refractivity contribution in [2.24, 2.45) is 7.05 Å². The van der Waals surface area contributed by atoms with Gasteiger partial charge in [0.1, 0.15) is 16.4 Å². The standard InChI is InChI=1S/C17H16NS2/c1-13-8-10-15(11-9-13)19-17-12-16(20-18(17)2)14-6-4-3-5-7-14/h3-12H,1-2H3/q+1. The van der Waals surface area contributed by atoms with Gasteiger partial charge in [-0.15, -0.1) is 3.96 Å². The van der Waals surface area contributed by atoms with E-state index in [1.165, 1.54) is 25.9 Å². The monoisotopic (exact) mass is 298 g/mol. The zero-order valence-electron chi connectivity index (χ0n) is 11.5. The van der Waals surface area contributed by atoms with Crippen LogP contribution in [-0.2, 0) is 7.05 Å². The number of rotatable bonds is 3. The minimum Gasteiger partial charge on any atom is -0.130 e. The highest BCUT2D eigenvalue weighted by molar-refractivity contribution is 7.99. The topological polar surface area (TPSA) is 3.88 Å². The van der Waals surface area contributed by atoms with Crippen molar-refractivity contribution in [3.8, 4) is 10.4 Å². The molecule has 0 saturated heterocycles. The lowest BCUT2D eigenvalue weighted by Gasteiger charge is -1.96. The second kappa shape index (κ2) is 5.81. The van der Waals surface area contributed by atoms with E-state index in [0.29, 0.717) is 0 Å². The summed E-state index contributed by atoms with van der Waals surface area (Å²) in [6, 6.07) is 21.5. The third-order valence-electron chi connectivity index (χ3n) is 3.10. The van der Waals surface area contributed by atoms with Crippen LogP contribution in [0.15, 0.2) is 70.6 Å². The Bertz CT molecular complexity index is 700. The van der Waals surface area contributed by atoms with E-state index < -0.39 is 0 Å². The van der Waals surface area contributed by atoms with E-state index in [9.17, 15) is 0 Å². The molecule has 3 aromatic rings. The molecule has 0 saturated carbocycles. The molecule has 20 heavy (non-hydrogen) atoms. The van der Waals surface area contributed by atoms with Gasteiger partial charge >= 0.3 is 0 Å². The van der Waals surface area contributed by atoms with Gasteiger partial charge < -0.3 is 0 Å². The molecule has 0 spiro atoms. The maximum atomic E-state index is 2.27. The van der Waals surface area contributed by atoms with Crippen molar-refractivity contribution in [3.63, 3.8) is 0 Å². The van der Waals surface area contributed by atoms with Crippen molar-refractivity contribution in [1.82, 2.24) is 0 Å². The highest BCUT2D eigenvalue weighted by Gasteiger charge is 2.16. The summed E-state index contributed by atoms with van der Waals surface area (Å²) in [4.78, 5) is 2.59. The largest absolute Gasteiger partial charge is 0.259 e. The van der Waals surface area contributed by atoms with Crippen LogP contribution in [0.3, 0.4) is 0 Å². The van der Waals surface area contributed by atoms with E-state index in [2.05, 4.69) is 78.6 Å². The lowest BCUT2D eigenvalue weighted by Crippen LogP contribution is -2.23. The molecular formula is C17H16NS2+. The molecule has 0 bridgehead atoms. The molecule has 2 aromatic carbocycles. The van der Waals surface area contributed by atoms with Crippen LogP contribution >= 0.6 is 23.3 Å². The van der Waals surface area contributed by atoms with Gasteiger partial charge in [0, 0.05) is 11.0 Å². The normalized spacial score (nSPS) is 10.7. The van der Waals surface area contributed by atoms with Crippen LogP contribution in [-0.4, -0.2) is 0 Å². The highest BCUT2D eigenvalue weighted by Crippen LogP contribution is 2.31. The first-order valence-electron chi connectivity index (χ1n) is 6.53. The molecule has 0 atom stereocenters. The Morgan fingerprint density at radius 1 is 0.950 bits per heavy atom. The van der Waals surface area contributed by atoms with Crippen molar-refractivity contribution in [3.05, 3.63) is 66.2 Å². The molecule has 1 heterocycles. The second-order valence-corrected chi connectivity index (χ2v) is 6.98. The Labute approximate surface area is 128 Å². The SMILES string of the molecule is Cc1ccc(Sc2cc(-c3ccccc3)s[n+]2C)cc1. The van der Waals surface area contributed by atoms with Crippen LogP contribution in [0.5, 0.6) is 0 Å². The second-order valence-electron chi connectivity index (χ2n) is 4.72. The lowest BCUT2D eigenvalue weighted by molar-refractivity contribution is -0.640. The number of hydrogen-bond acceptors (Lipinski definition) is 2. The average Bonchev–Trinajstić information content (AvgIpc) is 2.84. The van der Waals surface area contributed by atoms with Gasteiger partial charge in [-0.1, -0.05) is 48.0 Å². The summed E-state index contributed by atoms with van der Waals surface area (Å²) in [5.41, 5.74) is 2.58. The van der Waals surface area contributed by atoms with Gasteiger partial charge in [0.05, 0.1) is 0 Å². The minimum absolute atomic E-state index is 1.28.